The van der Waals surface area contributed by atoms with Crippen molar-refractivity contribution in [2.24, 2.45) is 5.10 Å². The van der Waals surface area contributed by atoms with Crippen molar-refractivity contribution in [1.29, 1.82) is 0 Å². The quantitative estimate of drug-likeness (QED) is 0.200. The normalized spacial score (nSPS) is 11.5. The first-order valence-electron chi connectivity index (χ1n) is 10.4. The Kier molecular flexibility index (Phi) is 7.48. The number of rotatable bonds is 7. The van der Waals surface area contributed by atoms with Gasteiger partial charge in [-0.2, -0.15) is 0 Å². The van der Waals surface area contributed by atoms with Gasteiger partial charge in [-0.3, -0.25) is 14.3 Å². The number of thiazole rings is 1. The van der Waals surface area contributed by atoms with E-state index in [1.165, 1.54) is 34.4 Å². The number of thioether (sulfide) groups is 1. The molecule has 0 atom stereocenters. The molecular weight excluding hydrogens is 564 g/mol. The fourth-order valence-corrected chi connectivity index (χ4v) is 6.14. The van der Waals surface area contributed by atoms with Crippen molar-refractivity contribution in [3.05, 3.63) is 93.6 Å². The molecule has 7 nitrogen and oxygen atoms in total. The van der Waals surface area contributed by atoms with E-state index in [2.05, 4.69) is 53.8 Å². The number of halogens is 1. The SMILES string of the molecule is O=C(CSc1nnc(-c2ccccn2)s1)N/N=c1/scc(-c2ccccc2)n1-c1ccccc1Br. The summed E-state index contributed by atoms with van der Waals surface area (Å²) in [6, 6.07) is 23.6. The Bertz CT molecular complexity index is 1520. The van der Waals surface area contributed by atoms with Gasteiger partial charge in [0.2, 0.25) is 4.80 Å². The molecule has 0 spiro atoms. The van der Waals surface area contributed by atoms with Gasteiger partial charge in [0.1, 0.15) is 5.69 Å². The van der Waals surface area contributed by atoms with E-state index in [0.717, 1.165) is 32.1 Å². The molecule has 0 bridgehead atoms. The highest BCUT2D eigenvalue weighted by molar-refractivity contribution is 9.10. The van der Waals surface area contributed by atoms with E-state index in [9.17, 15) is 4.79 Å². The largest absolute Gasteiger partial charge is 0.283 e. The highest BCUT2D eigenvalue weighted by Crippen LogP contribution is 2.29. The van der Waals surface area contributed by atoms with Crippen LogP contribution in [0.3, 0.4) is 0 Å². The van der Waals surface area contributed by atoms with Crippen LogP contribution in [0.5, 0.6) is 0 Å². The van der Waals surface area contributed by atoms with Crippen LogP contribution in [-0.2, 0) is 4.79 Å². The first-order chi connectivity index (χ1) is 17.2. The van der Waals surface area contributed by atoms with Gasteiger partial charge in [-0.05, 0) is 45.8 Å². The zero-order valence-corrected chi connectivity index (χ0v) is 22.1. The van der Waals surface area contributed by atoms with Crippen molar-refractivity contribution in [2.75, 3.05) is 5.75 Å². The van der Waals surface area contributed by atoms with E-state index in [1.54, 1.807) is 6.20 Å². The van der Waals surface area contributed by atoms with Gasteiger partial charge >= 0.3 is 0 Å². The molecule has 174 valence electrons. The summed E-state index contributed by atoms with van der Waals surface area (Å²) in [5, 5.41) is 15.5. The number of amides is 1. The van der Waals surface area contributed by atoms with Crippen LogP contribution < -0.4 is 10.2 Å². The van der Waals surface area contributed by atoms with Crippen molar-refractivity contribution in [2.45, 2.75) is 4.34 Å². The van der Waals surface area contributed by atoms with Gasteiger partial charge in [0.25, 0.3) is 5.91 Å². The van der Waals surface area contributed by atoms with Crippen LogP contribution in [-0.4, -0.2) is 31.4 Å². The Morgan fingerprint density at radius 3 is 2.63 bits per heavy atom. The van der Waals surface area contributed by atoms with E-state index < -0.39 is 0 Å². The lowest BCUT2D eigenvalue weighted by atomic mass is 10.1. The second-order valence-electron chi connectivity index (χ2n) is 7.08. The monoisotopic (exact) mass is 580 g/mol. The maximum Gasteiger partial charge on any atom is 0.250 e. The molecule has 0 aliphatic carbocycles. The molecule has 0 unspecified atom stereocenters. The molecule has 0 radical (unpaired) electrons. The second-order valence-corrected chi connectivity index (χ2v) is 11.0. The van der Waals surface area contributed by atoms with Gasteiger partial charge in [0.05, 0.1) is 17.1 Å². The van der Waals surface area contributed by atoms with Crippen molar-refractivity contribution in [3.8, 4) is 27.6 Å². The van der Waals surface area contributed by atoms with Crippen LogP contribution >= 0.6 is 50.4 Å². The number of carbonyl (C=O) groups is 1. The number of benzene rings is 2. The molecule has 35 heavy (non-hydrogen) atoms. The molecule has 0 saturated carbocycles. The van der Waals surface area contributed by atoms with Crippen LogP contribution in [0.25, 0.3) is 27.6 Å². The van der Waals surface area contributed by atoms with E-state index >= 15 is 0 Å². The maximum absolute atomic E-state index is 12.6. The molecule has 3 aromatic heterocycles. The number of carbonyl (C=O) groups excluding carboxylic acids is 1. The van der Waals surface area contributed by atoms with Crippen LogP contribution in [0, 0.1) is 0 Å². The topological polar surface area (TPSA) is 85.1 Å². The van der Waals surface area contributed by atoms with Gasteiger partial charge in [0, 0.05) is 16.0 Å². The van der Waals surface area contributed by atoms with Crippen molar-refractivity contribution >= 4 is 56.3 Å². The summed E-state index contributed by atoms with van der Waals surface area (Å²) < 4.78 is 3.66. The zero-order chi connectivity index (χ0) is 24.0. The summed E-state index contributed by atoms with van der Waals surface area (Å²) in [4.78, 5) is 17.5. The molecule has 11 heteroatoms. The third kappa shape index (κ3) is 5.59. The Morgan fingerprint density at radius 1 is 1.03 bits per heavy atom. The summed E-state index contributed by atoms with van der Waals surface area (Å²) in [5.74, 6) is -0.0512. The number of nitrogens with zero attached hydrogens (tertiary/aromatic N) is 5. The summed E-state index contributed by atoms with van der Waals surface area (Å²) in [5.41, 5.74) is 6.43. The number of para-hydroxylation sites is 1. The Labute approximate surface area is 221 Å². The predicted molar refractivity (Wildman–Crippen MR) is 144 cm³/mol. The highest BCUT2D eigenvalue weighted by Gasteiger charge is 2.13. The molecule has 2 aromatic carbocycles. The van der Waals surface area contributed by atoms with Crippen molar-refractivity contribution in [1.82, 2.24) is 25.2 Å². The van der Waals surface area contributed by atoms with E-state index in [1.807, 2.05) is 70.6 Å². The number of hydrogen-bond donors (Lipinski definition) is 1. The molecule has 5 rings (SSSR count). The predicted octanol–water partition coefficient (Wildman–Crippen LogP) is 5.61. The molecule has 0 aliphatic rings. The van der Waals surface area contributed by atoms with E-state index in [4.69, 9.17) is 0 Å². The molecule has 5 aromatic rings. The minimum Gasteiger partial charge on any atom is -0.283 e. The lowest BCUT2D eigenvalue weighted by Crippen LogP contribution is -2.25. The summed E-state index contributed by atoms with van der Waals surface area (Å²) in [6.07, 6.45) is 1.71. The third-order valence-corrected chi connectivity index (χ3v) is 8.34. The minimum atomic E-state index is -0.224. The maximum atomic E-state index is 12.6. The van der Waals surface area contributed by atoms with Crippen LogP contribution in [0.15, 0.2) is 98.3 Å². The average Bonchev–Trinajstić information content (AvgIpc) is 3.55. The van der Waals surface area contributed by atoms with E-state index in [-0.39, 0.29) is 11.7 Å². The molecule has 3 heterocycles. The van der Waals surface area contributed by atoms with Gasteiger partial charge in [-0.1, -0.05) is 71.6 Å². The minimum absolute atomic E-state index is 0.173. The standard InChI is InChI=1S/C24H17BrN6OS3/c25-17-10-4-5-12-19(17)31-20(16-8-2-1-3-9-16)14-33-23(31)29-27-21(32)15-34-24-30-28-22(35-24)18-11-6-7-13-26-18/h1-14H,15H2,(H,27,32)/b29-23+. The van der Waals surface area contributed by atoms with Crippen LogP contribution in [0.4, 0.5) is 0 Å². The number of hydrogen-bond acceptors (Lipinski definition) is 8. The summed E-state index contributed by atoms with van der Waals surface area (Å²) in [7, 11) is 0. The van der Waals surface area contributed by atoms with Crippen molar-refractivity contribution < 1.29 is 4.79 Å². The van der Waals surface area contributed by atoms with Gasteiger partial charge in [-0.25, -0.2) is 5.43 Å². The fourth-order valence-electron chi connectivity index (χ4n) is 3.20. The first-order valence-corrected chi connectivity index (χ1v) is 13.9. The Morgan fingerprint density at radius 2 is 1.83 bits per heavy atom. The highest BCUT2D eigenvalue weighted by atomic mass is 79.9. The molecule has 0 saturated heterocycles. The van der Waals surface area contributed by atoms with Gasteiger partial charge in [-0.15, -0.1) is 26.6 Å². The molecule has 0 aliphatic heterocycles. The summed E-state index contributed by atoms with van der Waals surface area (Å²) in [6.45, 7) is 0. The first kappa shape index (κ1) is 23.6. The zero-order valence-electron chi connectivity index (χ0n) is 18.0. The van der Waals surface area contributed by atoms with Crippen molar-refractivity contribution in [3.63, 3.8) is 0 Å². The third-order valence-electron chi connectivity index (χ3n) is 4.76. The summed E-state index contributed by atoms with van der Waals surface area (Å²) >= 11 is 7.83. The molecule has 1 N–H and O–H groups in total. The molecular formula is C24H17BrN6OS3. The molecule has 1 amide bonds. The Balaban J connectivity index is 1.34. The average molecular weight is 582 g/mol. The second kappa shape index (κ2) is 11.1. The van der Waals surface area contributed by atoms with Crippen LogP contribution in [0.1, 0.15) is 0 Å². The molecule has 0 fully saturated rings. The number of nitrogens with one attached hydrogen (secondary N) is 1. The smallest absolute Gasteiger partial charge is 0.250 e. The Hall–Kier alpha value is -3.12. The van der Waals surface area contributed by atoms with Gasteiger partial charge < -0.3 is 0 Å². The fraction of sp³-hybridized carbons (Fsp3) is 0.0417. The lowest BCUT2D eigenvalue weighted by molar-refractivity contribution is -0.118. The van der Waals surface area contributed by atoms with Crippen LogP contribution in [0.2, 0.25) is 0 Å². The number of aromatic nitrogens is 4. The van der Waals surface area contributed by atoms with Gasteiger partial charge in [0.15, 0.2) is 9.35 Å². The van der Waals surface area contributed by atoms with E-state index in [0.29, 0.717) is 9.14 Å². The lowest BCUT2D eigenvalue weighted by Gasteiger charge is -2.11. The number of pyridine rings is 1.